The fourth-order valence-electron chi connectivity index (χ4n) is 1.40. The lowest BCUT2D eigenvalue weighted by Crippen LogP contribution is -2.27. The fourth-order valence-corrected chi connectivity index (χ4v) is 1.40. The molecule has 2 rings (SSSR count). The summed E-state index contributed by atoms with van der Waals surface area (Å²) >= 11 is 0. The highest BCUT2D eigenvalue weighted by Crippen LogP contribution is 2.22. The van der Waals surface area contributed by atoms with Gasteiger partial charge < -0.3 is 5.73 Å². The van der Waals surface area contributed by atoms with E-state index in [0.717, 1.165) is 6.42 Å². The largest absolute Gasteiger partial charge is 0.426 e. The molecule has 1 atom stereocenters. The Kier molecular flexibility index (Phi) is 2.28. The number of allylic oxidation sites excluding steroid dienone is 1. The second kappa shape index (κ2) is 3.60. The molecule has 0 aromatic carbocycles. The van der Waals surface area contributed by atoms with Crippen molar-refractivity contribution in [3.63, 3.8) is 0 Å². The molecule has 0 aromatic rings. The summed E-state index contributed by atoms with van der Waals surface area (Å²) in [6.07, 6.45) is 1.57. The molecule has 5 heteroatoms. The normalized spacial score (nSPS) is 24.2. The molecule has 2 heterocycles. The lowest BCUT2D eigenvalue weighted by molar-refractivity contribution is -0.116. The maximum atomic E-state index is 11.6. The van der Waals surface area contributed by atoms with Crippen LogP contribution in [0.1, 0.15) is 19.8 Å². The highest BCUT2D eigenvalue weighted by molar-refractivity contribution is 5.99. The smallest absolute Gasteiger partial charge is 0.377 e. The Bertz CT molecular complexity index is 471. The molecule has 0 fully saturated rings. The summed E-state index contributed by atoms with van der Waals surface area (Å²) in [6, 6.07) is 2.89. The zero-order valence-corrected chi connectivity index (χ0v) is 8.37. The highest BCUT2D eigenvalue weighted by atomic mass is 16.2. The first-order valence-corrected chi connectivity index (χ1v) is 4.77. The average molecular weight is 203 g/mol. The van der Waals surface area contributed by atoms with Crippen LogP contribution in [-0.4, -0.2) is 11.8 Å². The maximum Gasteiger partial charge on any atom is 0.426 e. The molecule has 0 saturated heterocycles. The van der Waals surface area contributed by atoms with E-state index in [2.05, 4.69) is 27.1 Å². The van der Waals surface area contributed by atoms with Gasteiger partial charge in [-0.3, -0.25) is 10.1 Å². The molecule has 3 N–H and O–H groups in total. The molecular weight excluding hydrogens is 192 g/mol. The Balaban J connectivity index is 2.48. The van der Waals surface area contributed by atoms with Crippen molar-refractivity contribution < 1.29 is 4.79 Å². The lowest BCUT2D eigenvalue weighted by Gasteiger charge is -1.95. The van der Waals surface area contributed by atoms with Crippen LogP contribution in [0.2, 0.25) is 0 Å². The van der Waals surface area contributed by atoms with E-state index in [1.807, 2.05) is 6.92 Å². The molecule has 2 aliphatic heterocycles. The van der Waals surface area contributed by atoms with Gasteiger partial charge in [0.25, 0.3) is 6.07 Å². The molecule has 0 saturated carbocycles. The number of hydrogen-bond donors (Lipinski definition) is 2. The van der Waals surface area contributed by atoms with Crippen molar-refractivity contribution in [3.8, 4) is 6.07 Å². The van der Waals surface area contributed by atoms with Crippen LogP contribution >= 0.6 is 0 Å². The third-order valence-corrected chi connectivity index (χ3v) is 2.26. The topological polar surface area (TPSA) is 71.8 Å². The minimum absolute atomic E-state index is 0.122. The van der Waals surface area contributed by atoms with Gasteiger partial charge in [0.1, 0.15) is 5.70 Å². The van der Waals surface area contributed by atoms with Gasteiger partial charge in [0, 0.05) is 12.3 Å². The number of rotatable bonds is 0. The predicted molar refractivity (Wildman–Crippen MR) is 55.9 cm³/mol. The van der Waals surface area contributed by atoms with Crippen molar-refractivity contribution in [2.75, 3.05) is 0 Å². The minimum Gasteiger partial charge on any atom is -0.377 e. The number of nitrogens with two attached hydrogens (primary N) is 1. The second-order valence-corrected chi connectivity index (χ2v) is 3.57. The zero-order chi connectivity index (χ0) is 10.8. The van der Waals surface area contributed by atoms with Gasteiger partial charge in [0.2, 0.25) is 0 Å². The number of carbonyl (C=O) groups is 1. The number of amides is 1. The number of carbonyl (C=O) groups excluding carboxylic acids is 1. The number of hydrogen-bond acceptors (Lipinski definition) is 3. The van der Waals surface area contributed by atoms with Crippen molar-refractivity contribution in [3.05, 3.63) is 22.1 Å². The molecule has 1 amide bonds. The summed E-state index contributed by atoms with van der Waals surface area (Å²) in [5, 5.41) is 2.44. The SMILES string of the molecule is CC1C#[N+]C2=C(CC1)N=C=C(N)NC2=O. The standard InChI is InChI=1S/C10H10N4O/c1-6-2-3-7-9(13-4-6)10(15)14-8(11)5-12-7/h6H,2-3,11H2,1H3/p+1. The Hall–Kier alpha value is -2.05. The quantitative estimate of drug-likeness (QED) is 0.603. The van der Waals surface area contributed by atoms with E-state index in [-0.39, 0.29) is 17.6 Å². The van der Waals surface area contributed by atoms with Crippen LogP contribution in [0.25, 0.3) is 4.85 Å². The molecule has 0 radical (unpaired) electrons. The Morgan fingerprint density at radius 3 is 3.27 bits per heavy atom. The average Bonchev–Trinajstić information content (AvgIpc) is 2.43. The van der Waals surface area contributed by atoms with E-state index in [1.165, 1.54) is 0 Å². The van der Waals surface area contributed by atoms with Gasteiger partial charge in [0.05, 0.1) is 5.92 Å². The molecule has 2 aliphatic rings. The van der Waals surface area contributed by atoms with Crippen LogP contribution in [0.5, 0.6) is 0 Å². The van der Waals surface area contributed by atoms with E-state index in [0.29, 0.717) is 17.8 Å². The number of nitrogens with zero attached hydrogens (tertiary/aromatic N) is 2. The summed E-state index contributed by atoms with van der Waals surface area (Å²) in [5.74, 6) is 2.58. The van der Waals surface area contributed by atoms with Gasteiger partial charge in [-0.2, -0.15) is 4.99 Å². The highest BCUT2D eigenvalue weighted by Gasteiger charge is 2.30. The molecule has 0 aliphatic carbocycles. The van der Waals surface area contributed by atoms with Gasteiger partial charge in [-0.05, 0) is 18.2 Å². The van der Waals surface area contributed by atoms with Crippen molar-refractivity contribution >= 4 is 11.8 Å². The van der Waals surface area contributed by atoms with Crippen LogP contribution in [0.15, 0.2) is 22.2 Å². The monoisotopic (exact) mass is 203 g/mol. The molecule has 5 nitrogen and oxygen atoms in total. The Morgan fingerprint density at radius 1 is 1.67 bits per heavy atom. The zero-order valence-electron chi connectivity index (χ0n) is 8.37. The van der Waals surface area contributed by atoms with Crippen molar-refractivity contribution in [2.45, 2.75) is 19.8 Å². The van der Waals surface area contributed by atoms with Gasteiger partial charge in [-0.15, -0.1) is 0 Å². The summed E-state index contributed by atoms with van der Waals surface area (Å²) in [5.41, 5.74) is 6.36. The van der Waals surface area contributed by atoms with Crippen LogP contribution < -0.4 is 11.1 Å². The lowest BCUT2D eigenvalue weighted by atomic mass is 10.1. The molecule has 0 aromatic heterocycles. The minimum atomic E-state index is -0.335. The first kappa shape index (κ1) is 9.50. The van der Waals surface area contributed by atoms with Crippen LogP contribution in [0.4, 0.5) is 0 Å². The Labute approximate surface area is 87.2 Å². The number of aliphatic imine (C=N–C) groups is 1. The van der Waals surface area contributed by atoms with E-state index in [1.54, 1.807) is 0 Å². The second-order valence-electron chi connectivity index (χ2n) is 3.57. The maximum absolute atomic E-state index is 11.6. The van der Waals surface area contributed by atoms with Gasteiger partial charge in [-0.25, -0.2) is 0 Å². The summed E-state index contributed by atoms with van der Waals surface area (Å²) in [7, 11) is 0. The Morgan fingerprint density at radius 2 is 2.47 bits per heavy atom. The van der Waals surface area contributed by atoms with Crippen LogP contribution in [-0.2, 0) is 4.79 Å². The summed E-state index contributed by atoms with van der Waals surface area (Å²) < 4.78 is 0. The van der Waals surface area contributed by atoms with Crippen LogP contribution in [0.3, 0.4) is 0 Å². The third-order valence-electron chi connectivity index (χ3n) is 2.26. The molecule has 1 unspecified atom stereocenters. The van der Waals surface area contributed by atoms with Gasteiger partial charge in [-0.1, -0.05) is 0 Å². The first-order chi connectivity index (χ1) is 7.16. The van der Waals surface area contributed by atoms with Crippen molar-refractivity contribution in [1.82, 2.24) is 5.32 Å². The van der Waals surface area contributed by atoms with E-state index >= 15 is 0 Å². The first-order valence-electron chi connectivity index (χ1n) is 4.77. The predicted octanol–water partition coefficient (Wildman–Crippen LogP) is 0.560. The number of nitrogens with one attached hydrogen (secondary N) is 1. The van der Waals surface area contributed by atoms with Gasteiger partial charge >= 0.3 is 11.6 Å². The molecule has 76 valence electrons. The summed E-state index contributed by atoms with van der Waals surface area (Å²) in [6.45, 7) is 2.00. The fraction of sp³-hybridized carbons (Fsp3) is 0.400. The van der Waals surface area contributed by atoms with Crippen LogP contribution in [0, 0.1) is 12.0 Å². The van der Waals surface area contributed by atoms with E-state index in [9.17, 15) is 4.79 Å². The third kappa shape index (κ3) is 1.90. The molecular formula is C10H11N4O+. The van der Waals surface area contributed by atoms with E-state index in [4.69, 9.17) is 5.73 Å². The van der Waals surface area contributed by atoms with Crippen molar-refractivity contribution in [2.24, 2.45) is 16.6 Å². The van der Waals surface area contributed by atoms with Gasteiger partial charge in [0.15, 0.2) is 5.82 Å². The molecule has 0 bridgehead atoms. The van der Waals surface area contributed by atoms with Crippen molar-refractivity contribution in [1.29, 1.82) is 0 Å². The summed E-state index contributed by atoms with van der Waals surface area (Å²) in [4.78, 5) is 19.7. The molecule has 15 heavy (non-hydrogen) atoms. The molecule has 0 spiro atoms. The van der Waals surface area contributed by atoms with E-state index < -0.39 is 0 Å².